The van der Waals surface area contributed by atoms with Gasteiger partial charge in [-0.25, -0.2) is 19.2 Å². The first-order valence-electron chi connectivity index (χ1n) is 21.5. The van der Waals surface area contributed by atoms with E-state index < -0.39 is 29.1 Å². The van der Waals surface area contributed by atoms with Crippen LogP contribution in [0.25, 0.3) is 28.0 Å². The summed E-state index contributed by atoms with van der Waals surface area (Å²) in [6.45, 7) is 5.13. The number of carbonyl (C=O) groups is 3. The van der Waals surface area contributed by atoms with Crippen molar-refractivity contribution in [2.24, 2.45) is 5.92 Å². The largest absolute Gasteiger partial charge is 0.420 e. The number of rotatable bonds is 10. The molecule has 4 fully saturated rings. The van der Waals surface area contributed by atoms with Crippen LogP contribution in [0.15, 0.2) is 87.1 Å². The lowest BCUT2D eigenvalue weighted by Crippen LogP contribution is -2.50. The molecule has 3 aromatic heterocycles. The molecule has 0 aliphatic carbocycles. The van der Waals surface area contributed by atoms with Crippen LogP contribution in [0.4, 0.5) is 16.0 Å². The molecule has 3 N–H and O–H groups in total. The lowest BCUT2D eigenvalue weighted by atomic mass is 9.86. The number of anilines is 2. The summed E-state index contributed by atoms with van der Waals surface area (Å²) in [7, 11) is 0. The quantitative estimate of drug-likeness (QED) is 0.173. The topological polar surface area (TPSA) is 188 Å². The molecule has 0 saturated carbocycles. The molecule has 324 valence electrons. The molecule has 4 aliphatic heterocycles. The molecule has 62 heavy (non-hydrogen) atoms. The second-order valence-corrected chi connectivity index (χ2v) is 17.1. The van der Waals surface area contributed by atoms with Gasteiger partial charge in [0, 0.05) is 93.5 Å². The van der Waals surface area contributed by atoms with E-state index in [-0.39, 0.29) is 54.3 Å². The average molecular weight is 848 g/mol. The lowest BCUT2D eigenvalue weighted by molar-refractivity contribution is -0.140. The molecule has 1 unspecified atom stereocenters. The van der Waals surface area contributed by atoms with Crippen molar-refractivity contribution in [2.75, 3.05) is 56.0 Å². The van der Waals surface area contributed by atoms with Gasteiger partial charge in [0.2, 0.25) is 23.7 Å². The van der Waals surface area contributed by atoms with Crippen molar-refractivity contribution in [3.05, 3.63) is 99.8 Å². The Balaban J connectivity index is 0.716. The SMILES string of the molecule is O=C1CCC(n2c(=O)oc3cc(N4CCC(CN5CCC(O)(CC(=O)N6CCC(Nc7ncc(F)c(-c8cccc(-n9ccccc9=O)c8)n7)CC6)CC5)CC4)ccc32)C(=O)N1. The predicted molar refractivity (Wildman–Crippen MR) is 228 cm³/mol. The minimum atomic E-state index is -1.04. The van der Waals surface area contributed by atoms with Crippen molar-refractivity contribution in [3.63, 3.8) is 0 Å². The second kappa shape index (κ2) is 17.3. The zero-order valence-corrected chi connectivity index (χ0v) is 34.4. The summed E-state index contributed by atoms with van der Waals surface area (Å²) in [5.41, 5.74) is 1.89. The Morgan fingerprint density at radius 3 is 2.45 bits per heavy atom. The second-order valence-electron chi connectivity index (χ2n) is 17.1. The van der Waals surface area contributed by atoms with Crippen LogP contribution in [0.2, 0.25) is 0 Å². The highest BCUT2D eigenvalue weighted by molar-refractivity contribution is 6.00. The number of hydrogen-bond donors (Lipinski definition) is 3. The van der Waals surface area contributed by atoms with E-state index in [4.69, 9.17) is 4.42 Å². The fourth-order valence-electron chi connectivity index (χ4n) is 9.44. The number of oxazole rings is 1. The molecule has 9 rings (SSSR count). The highest BCUT2D eigenvalue weighted by Gasteiger charge is 2.38. The number of imide groups is 1. The predicted octanol–water partition coefficient (Wildman–Crippen LogP) is 3.86. The van der Waals surface area contributed by atoms with Crippen LogP contribution in [0.1, 0.15) is 63.8 Å². The maximum Gasteiger partial charge on any atom is 0.420 e. The summed E-state index contributed by atoms with van der Waals surface area (Å²) in [6, 6.07) is 16.7. The van der Waals surface area contributed by atoms with Gasteiger partial charge in [-0.3, -0.25) is 33.6 Å². The monoisotopic (exact) mass is 847 g/mol. The lowest BCUT2D eigenvalue weighted by Gasteiger charge is -2.42. The first-order chi connectivity index (χ1) is 30.0. The van der Waals surface area contributed by atoms with Crippen LogP contribution in [0, 0.1) is 11.7 Å². The maximum atomic E-state index is 15.0. The third kappa shape index (κ3) is 8.77. The molecule has 3 amide bonds. The van der Waals surface area contributed by atoms with Crippen molar-refractivity contribution in [1.82, 2.24) is 34.2 Å². The Hall–Kier alpha value is -6.20. The molecule has 4 aliphatic rings. The number of carbonyl (C=O) groups excluding carboxylic acids is 3. The highest BCUT2D eigenvalue weighted by atomic mass is 19.1. The van der Waals surface area contributed by atoms with Gasteiger partial charge in [0.15, 0.2) is 11.4 Å². The Kier molecular flexibility index (Phi) is 11.5. The van der Waals surface area contributed by atoms with Gasteiger partial charge in [-0.15, -0.1) is 0 Å². The van der Waals surface area contributed by atoms with Gasteiger partial charge >= 0.3 is 5.76 Å². The van der Waals surface area contributed by atoms with Crippen LogP contribution >= 0.6 is 0 Å². The van der Waals surface area contributed by atoms with Crippen LogP contribution < -0.4 is 26.8 Å². The fraction of sp³-hybridized carbons (Fsp3) is 0.444. The number of hydrogen-bond acceptors (Lipinski definition) is 12. The highest BCUT2D eigenvalue weighted by Crippen LogP contribution is 2.32. The molecular formula is C45H50FN9O7. The van der Waals surface area contributed by atoms with Crippen LogP contribution in [-0.2, 0) is 14.4 Å². The Morgan fingerprint density at radius 2 is 1.69 bits per heavy atom. The Morgan fingerprint density at radius 1 is 0.903 bits per heavy atom. The van der Waals surface area contributed by atoms with Gasteiger partial charge in [-0.1, -0.05) is 18.2 Å². The number of nitrogens with zero attached hydrogens (tertiary/aromatic N) is 7. The van der Waals surface area contributed by atoms with Crippen molar-refractivity contribution < 1.29 is 28.3 Å². The first kappa shape index (κ1) is 41.2. The standard InChI is InChI=1S/C45H50FN9O7/c46-34-27-47-43(50-41(34)30-4-3-5-33(24-30)54-17-2-1-6-39(54)57)48-31-13-20-53(21-14-31)40(58)26-45(61)15-22-51(23-16-45)28-29-11-18-52(19-12-29)32-7-8-35-37(25-32)62-44(60)55(35)36-9-10-38(56)49-42(36)59/h1-8,17,24-25,27,29,31,36,61H,9-16,18-23,26,28H2,(H,47,48,50)(H,49,56,59). The minimum Gasteiger partial charge on any atom is -0.408 e. The van der Waals surface area contributed by atoms with E-state index >= 15 is 0 Å². The number of pyridine rings is 1. The molecule has 5 aromatic rings. The average Bonchev–Trinajstić information content (AvgIpc) is 3.60. The van der Waals surface area contributed by atoms with Crippen LogP contribution in [0.3, 0.4) is 0 Å². The van der Waals surface area contributed by atoms with Crippen molar-refractivity contribution in [1.29, 1.82) is 0 Å². The van der Waals surface area contributed by atoms with Crippen LogP contribution in [0.5, 0.6) is 0 Å². The number of halogens is 1. The molecule has 2 aromatic carbocycles. The number of aliphatic hydroxyl groups is 1. The van der Waals surface area contributed by atoms with Gasteiger partial charge in [0.05, 0.1) is 23.7 Å². The van der Waals surface area contributed by atoms with E-state index in [1.165, 1.54) is 15.2 Å². The third-order valence-corrected chi connectivity index (χ3v) is 13.0. The molecule has 4 saturated heterocycles. The number of aromatic nitrogens is 4. The van der Waals surface area contributed by atoms with E-state index in [1.54, 1.807) is 42.6 Å². The molecule has 17 heteroatoms. The van der Waals surface area contributed by atoms with E-state index in [2.05, 4.69) is 30.4 Å². The van der Waals surface area contributed by atoms with Gasteiger partial charge < -0.3 is 29.5 Å². The number of likely N-dealkylation sites (tertiary alicyclic amines) is 2. The summed E-state index contributed by atoms with van der Waals surface area (Å²) >= 11 is 0. The molecule has 0 bridgehead atoms. The molecule has 16 nitrogen and oxygen atoms in total. The summed E-state index contributed by atoms with van der Waals surface area (Å²) in [5.74, 6) is -1.29. The zero-order valence-electron chi connectivity index (χ0n) is 34.4. The number of fused-ring (bicyclic) bond motifs is 1. The molecule has 1 atom stereocenters. The van der Waals surface area contributed by atoms with Crippen molar-refractivity contribution in [3.8, 4) is 16.9 Å². The Bertz CT molecular complexity index is 2600. The van der Waals surface area contributed by atoms with E-state index in [0.717, 1.165) is 57.4 Å². The van der Waals surface area contributed by atoms with E-state index in [9.17, 15) is 33.5 Å². The zero-order chi connectivity index (χ0) is 43.0. The van der Waals surface area contributed by atoms with Gasteiger partial charge in [-0.2, -0.15) is 0 Å². The summed E-state index contributed by atoms with van der Waals surface area (Å²) in [4.78, 5) is 77.8. The van der Waals surface area contributed by atoms with Gasteiger partial charge in [0.25, 0.3) is 5.56 Å². The van der Waals surface area contributed by atoms with E-state index in [1.807, 2.05) is 23.1 Å². The number of benzene rings is 2. The van der Waals surface area contributed by atoms with Crippen molar-refractivity contribution >= 4 is 40.5 Å². The van der Waals surface area contributed by atoms with Crippen LogP contribution in [-0.4, -0.2) is 109 Å². The molecule has 7 heterocycles. The summed E-state index contributed by atoms with van der Waals surface area (Å²) in [5, 5.41) is 17.1. The number of piperidine rings is 4. The molecule has 0 radical (unpaired) electrons. The third-order valence-electron chi connectivity index (χ3n) is 13.0. The van der Waals surface area contributed by atoms with E-state index in [0.29, 0.717) is 67.0 Å². The maximum absolute atomic E-state index is 15.0. The number of amides is 3. The normalized spacial score (nSPS) is 20.4. The molecule has 0 spiro atoms. The van der Waals surface area contributed by atoms with Gasteiger partial charge in [0.1, 0.15) is 11.7 Å². The Labute approximate surface area is 356 Å². The summed E-state index contributed by atoms with van der Waals surface area (Å²) in [6.07, 6.45) is 7.67. The summed E-state index contributed by atoms with van der Waals surface area (Å²) < 4.78 is 23.4. The number of nitrogens with one attached hydrogen (secondary N) is 2. The van der Waals surface area contributed by atoms with Gasteiger partial charge in [-0.05, 0) is 81.2 Å². The minimum absolute atomic E-state index is 0.0179. The van der Waals surface area contributed by atoms with Crippen molar-refractivity contribution in [2.45, 2.75) is 75.5 Å². The molecular weight excluding hydrogens is 798 g/mol. The first-order valence-corrected chi connectivity index (χ1v) is 21.5. The fourth-order valence-corrected chi connectivity index (χ4v) is 9.44. The smallest absolute Gasteiger partial charge is 0.408 e.